The van der Waals surface area contributed by atoms with Crippen LogP contribution in [0.1, 0.15) is 36.7 Å². The van der Waals surface area contributed by atoms with Crippen molar-refractivity contribution < 1.29 is 23.5 Å². The minimum Gasteiger partial charge on any atom is -0.465 e. The van der Waals surface area contributed by atoms with Gasteiger partial charge in [-0.15, -0.1) is 0 Å². The van der Waals surface area contributed by atoms with Crippen LogP contribution in [0.3, 0.4) is 0 Å². The molecule has 25 heavy (non-hydrogen) atoms. The van der Waals surface area contributed by atoms with Crippen molar-refractivity contribution in [3.05, 3.63) is 29.1 Å². The summed E-state index contributed by atoms with van der Waals surface area (Å²) in [5.41, 5.74) is 0.754. The molecule has 1 fully saturated rings. The maximum Gasteiger partial charge on any atom is 0.410 e. The number of hydrogen-bond donors (Lipinski definition) is 0. The van der Waals surface area contributed by atoms with Gasteiger partial charge in [0, 0.05) is 26.2 Å². The molecule has 0 unspecified atom stereocenters. The van der Waals surface area contributed by atoms with Gasteiger partial charge < -0.3 is 19.3 Å². The van der Waals surface area contributed by atoms with Gasteiger partial charge >= 0.3 is 12.1 Å². The number of esters is 1. The first kappa shape index (κ1) is 19.0. The van der Waals surface area contributed by atoms with E-state index in [1.54, 1.807) is 17.9 Å². The van der Waals surface area contributed by atoms with Gasteiger partial charge in [0.25, 0.3) is 0 Å². The second-order valence-corrected chi connectivity index (χ2v) is 7.06. The number of halogens is 1. The molecule has 1 aromatic carbocycles. The number of ether oxygens (including phenoxy) is 2. The lowest BCUT2D eigenvalue weighted by Gasteiger charge is -2.37. The zero-order valence-electron chi connectivity index (χ0n) is 15.4. The molecule has 0 aliphatic carbocycles. The molecule has 0 aromatic heterocycles. The van der Waals surface area contributed by atoms with Crippen LogP contribution in [0.15, 0.2) is 12.1 Å². The number of aryl methyl sites for hydroxylation is 1. The Morgan fingerprint density at radius 2 is 1.72 bits per heavy atom. The van der Waals surface area contributed by atoms with Crippen molar-refractivity contribution in [3.8, 4) is 0 Å². The van der Waals surface area contributed by atoms with E-state index in [1.165, 1.54) is 13.2 Å². The number of methoxy groups -OCH3 is 1. The summed E-state index contributed by atoms with van der Waals surface area (Å²) >= 11 is 0. The number of hydrogen-bond acceptors (Lipinski definition) is 5. The van der Waals surface area contributed by atoms with Crippen LogP contribution < -0.4 is 4.90 Å². The lowest BCUT2D eigenvalue weighted by molar-refractivity contribution is 0.0240. The van der Waals surface area contributed by atoms with Gasteiger partial charge in [-0.2, -0.15) is 0 Å². The van der Waals surface area contributed by atoms with E-state index in [9.17, 15) is 14.0 Å². The van der Waals surface area contributed by atoms with Crippen molar-refractivity contribution >= 4 is 17.7 Å². The van der Waals surface area contributed by atoms with Gasteiger partial charge in [0.1, 0.15) is 11.4 Å². The first-order valence-electron chi connectivity index (χ1n) is 8.23. The Bertz CT molecular complexity index is 662. The van der Waals surface area contributed by atoms with E-state index in [1.807, 2.05) is 25.7 Å². The number of carbonyl (C=O) groups excluding carboxylic acids is 2. The third-order valence-electron chi connectivity index (χ3n) is 3.97. The molecule has 6 nitrogen and oxygen atoms in total. The van der Waals surface area contributed by atoms with Gasteiger partial charge in [0.15, 0.2) is 0 Å². The molecular formula is C18H25FN2O4. The van der Waals surface area contributed by atoms with E-state index in [2.05, 4.69) is 4.74 Å². The summed E-state index contributed by atoms with van der Waals surface area (Å²) in [6.07, 6.45) is -0.357. The zero-order chi connectivity index (χ0) is 18.8. The molecule has 1 heterocycles. The SMILES string of the molecule is COC(=O)c1cc(F)c(N2CCN(C(=O)OC(C)(C)C)CC2)cc1C. The molecule has 1 amide bonds. The average molecular weight is 352 g/mol. The third-order valence-corrected chi connectivity index (χ3v) is 3.97. The van der Waals surface area contributed by atoms with Crippen LogP contribution in [-0.2, 0) is 9.47 Å². The molecule has 1 aliphatic rings. The maximum atomic E-state index is 14.4. The van der Waals surface area contributed by atoms with E-state index in [4.69, 9.17) is 4.74 Å². The Labute approximate surface area is 147 Å². The quantitative estimate of drug-likeness (QED) is 0.766. The second-order valence-electron chi connectivity index (χ2n) is 7.06. The average Bonchev–Trinajstić information content (AvgIpc) is 2.54. The highest BCUT2D eigenvalue weighted by atomic mass is 19.1. The molecule has 0 radical (unpaired) electrons. The molecule has 1 saturated heterocycles. The number of amides is 1. The first-order chi connectivity index (χ1) is 11.6. The molecule has 0 saturated carbocycles. The fraction of sp³-hybridized carbons (Fsp3) is 0.556. The first-order valence-corrected chi connectivity index (χ1v) is 8.23. The maximum absolute atomic E-state index is 14.4. The highest BCUT2D eigenvalue weighted by molar-refractivity contribution is 5.91. The van der Waals surface area contributed by atoms with Crippen LogP contribution in [-0.4, -0.2) is 55.9 Å². The number of anilines is 1. The summed E-state index contributed by atoms with van der Waals surface area (Å²) in [6, 6.07) is 2.85. The van der Waals surface area contributed by atoms with Crippen LogP contribution in [0.25, 0.3) is 0 Å². The Morgan fingerprint density at radius 3 is 2.24 bits per heavy atom. The van der Waals surface area contributed by atoms with E-state index in [0.717, 1.165) is 0 Å². The lowest BCUT2D eigenvalue weighted by atomic mass is 10.1. The Kier molecular flexibility index (Phi) is 5.55. The number of rotatable bonds is 2. The largest absolute Gasteiger partial charge is 0.465 e. The Balaban J connectivity index is 2.07. The van der Waals surface area contributed by atoms with Crippen molar-refractivity contribution in [2.75, 3.05) is 38.2 Å². The van der Waals surface area contributed by atoms with Crippen molar-refractivity contribution in [1.29, 1.82) is 0 Å². The van der Waals surface area contributed by atoms with Gasteiger partial charge in [-0.1, -0.05) is 0 Å². The predicted octanol–water partition coefficient (Wildman–Crippen LogP) is 2.98. The van der Waals surface area contributed by atoms with Crippen molar-refractivity contribution in [1.82, 2.24) is 4.90 Å². The van der Waals surface area contributed by atoms with Gasteiger partial charge in [-0.05, 0) is 45.4 Å². The molecule has 7 heteroatoms. The topological polar surface area (TPSA) is 59.1 Å². The van der Waals surface area contributed by atoms with Gasteiger partial charge in [-0.25, -0.2) is 14.0 Å². The Hall–Kier alpha value is -2.31. The third kappa shape index (κ3) is 4.61. The second kappa shape index (κ2) is 7.29. The lowest BCUT2D eigenvalue weighted by Crippen LogP contribution is -2.50. The van der Waals surface area contributed by atoms with E-state index in [0.29, 0.717) is 37.4 Å². The van der Waals surface area contributed by atoms with Gasteiger partial charge in [0.2, 0.25) is 0 Å². The minimum absolute atomic E-state index is 0.219. The smallest absolute Gasteiger partial charge is 0.410 e. The van der Waals surface area contributed by atoms with Crippen molar-refractivity contribution in [3.63, 3.8) is 0 Å². The monoisotopic (exact) mass is 352 g/mol. The summed E-state index contributed by atoms with van der Waals surface area (Å²) in [5.74, 6) is -1.03. The molecule has 138 valence electrons. The van der Waals surface area contributed by atoms with E-state index < -0.39 is 17.4 Å². The number of benzene rings is 1. The summed E-state index contributed by atoms with van der Waals surface area (Å²) in [4.78, 5) is 27.2. The fourth-order valence-corrected chi connectivity index (χ4v) is 2.69. The van der Waals surface area contributed by atoms with Crippen LogP contribution in [0.4, 0.5) is 14.9 Å². The predicted molar refractivity (Wildman–Crippen MR) is 92.5 cm³/mol. The molecule has 0 spiro atoms. The summed E-state index contributed by atoms with van der Waals surface area (Å²) in [7, 11) is 1.27. The summed E-state index contributed by atoms with van der Waals surface area (Å²) < 4.78 is 24.5. The normalized spacial score (nSPS) is 15.1. The van der Waals surface area contributed by atoms with E-state index in [-0.39, 0.29) is 11.7 Å². The van der Waals surface area contributed by atoms with Crippen molar-refractivity contribution in [2.24, 2.45) is 0 Å². The summed E-state index contributed by atoms with van der Waals surface area (Å²) in [6.45, 7) is 9.09. The highest BCUT2D eigenvalue weighted by Crippen LogP contribution is 2.25. The van der Waals surface area contributed by atoms with Crippen LogP contribution in [0, 0.1) is 12.7 Å². The molecule has 0 atom stereocenters. The molecule has 1 aliphatic heterocycles. The standard InChI is InChI=1S/C18H25FN2O4/c1-12-10-15(14(19)11-13(12)16(22)24-5)20-6-8-21(9-7-20)17(23)25-18(2,3)4/h10-11H,6-9H2,1-5H3. The van der Waals surface area contributed by atoms with Crippen molar-refractivity contribution in [2.45, 2.75) is 33.3 Å². The van der Waals surface area contributed by atoms with Gasteiger partial charge in [0.05, 0.1) is 18.4 Å². The molecule has 1 aromatic rings. The molecule has 0 bridgehead atoms. The van der Waals surface area contributed by atoms with Gasteiger partial charge in [-0.3, -0.25) is 0 Å². The zero-order valence-corrected chi connectivity index (χ0v) is 15.4. The number of piperazine rings is 1. The highest BCUT2D eigenvalue weighted by Gasteiger charge is 2.27. The molecule has 0 N–H and O–H groups in total. The number of nitrogens with zero attached hydrogens (tertiary/aromatic N) is 2. The van der Waals surface area contributed by atoms with Crippen LogP contribution in [0.5, 0.6) is 0 Å². The van der Waals surface area contributed by atoms with Crippen LogP contribution >= 0.6 is 0 Å². The van der Waals surface area contributed by atoms with E-state index >= 15 is 0 Å². The summed E-state index contributed by atoms with van der Waals surface area (Å²) in [5, 5.41) is 0. The molecular weight excluding hydrogens is 327 g/mol. The Morgan fingerprint density at radius 1 is 1.12 bits per heavy atom. The number of carbonyl (C=O) groups is 2. The minimum atomic E-state index is -0.558. The molecule has 2 rings (SSSR count). The van der Waals surface area contributed by atoms with Crippen LogP contribution in [0.2, 0.25) is 0 Å². The fourth-order valence-electron chi connectivity index (χ4n) is 2.69.